The molecule has 1 aromatic carbocycles. The Morgan fingerprint density at radius 3 is 2.71 bits per heavy atom. The highest BCUT2D eigenvalue weighted by atomic mass is 35.5. The number of hydrogen-bond acceptors (Lipinski definition) is 4. The lowest BCUT2D eigenvalue weighted by Gasteiger charge is -2.08. The molecular formula is C9H7Cl2NO5. The summed E-state index contributed by atoms with van der Waals surface area (Å²) >= 11 is 11.1. The van der Waals surface area contributed by atoms with Gasteiger partial charge in [0.2, 0.25) is 0 Å². The van der Waals surface area contributed by atoms with Gasteiger partial charge in [0.15, 0.2) is 5.38 Å². The van der Waals surface area contributed by atoms with Crippen molar-refractivity contribution in [3.63, 3.8) is 0 Å². The van der Waals surface area contributed by atoms with Crippen molar-refractivity contribution in [2.24, 2.45) is 0 Å². The van der Waals surface area contributed by atoms with Crippen LogP contribution in [0.4, 0.5) is 5.69 Å². The Balaban J connectivity index is 2.71. The molecular weight excluding hydrogens is 273 g/mol. The molecule has 17 heavy (non-hydrogen) atoms. The van der Waals surface area contributed by atoms with E-state index in [2.05, 4.69) is 0 Å². The molecule has 6 nitrogen and oxygen atoms in total. The maximum atomic E-state index is 10.5. The first-order valence-corrected chi connectivity index (χ1v) is 5.17. The van der Waals surface area contributed by atoms with Gasteiger partial charge in [-0.3, -0.25) is 14.9 Å². The third kappa shape index (κ3) is 3.76. The molecule has 0 radical (unpaired) electrons. The van der Waals surface area contributed by atoms with E-state index < -0.39 is 16.3 Å². The maximum Gasteiger partial charge on any atom is 0.325 e. The molecule has 0 bridgehead atoms. The molecule has 0 aliphatic carbocycles. The van der Waals surface area contributed by atoms with Gasteiger partial charge < -0.3 is 9.84 Å². The minimum absolute atomic E-state index is 0.0889. The monoisotopic (exact) mass is 279 g/mol. The summed E-state index contributed by atoms with van der Waals surface area (Å²) < 4.78 is 5.02. The second kappa shape index (κ2) is 5.70. The summed E-state index contributed by atoms with van der Waals surface area (Å²) in [6, 6.07) is 3.71. The van der Waals surface area contributed by atoms with Crippen LogP contribution in [0.3, 0.4) is 0 Å². The van der Waals surface area contributed by atoms with Crippen LogP contribution in [0.2, 0.25) is 5.02 Å². The summed E-state index contributed by atoms with van der Waals surface area (Å²) in [4.78, 5) is 20.2. The number of benzene rings is 1. The van der Waals surface area contributed by atoms with Crippen LogP contribution >= 0.6 is 23.2 Å². The first-order chi connectivity index (χ1) is 7.91. The number of nitro benzene ring substituents is 1. The Morgan fingerprint density at radius 1 is 1.59 bits per heavy atom. The molecule has 8 heteroatoms. The van der Waals surface area contributed by atoms with Crippen LogP contribution in [-0.2, 0) is 4.79 Å². The molecule has 92 valence electrons. The molecule has 1 aromatic rings. The van der Waals surface area contributed by atoms with Gasteiger partial charge in [-0.05, 0) is 6.07 Å². The summed E-state index contributed by atoms with van der Waals surface area (Å²) in [6.07, 6.45) is 0. The molecule has 1 rings (SSSR count). The van der Waals surface area contributed by atoms with E-state index in [4.69, 9.17) is 33.0 Å². The predicted octanol–water partition coefficient (Wildman–Crippen LogP) is 2.32. The topological polar surface area (TPSA) is 89.7 Å². The number of carbonyl (C=O) groups is 1. The van der Waals surface area contributed by atoms with Crippen LogP contribution in [0.5, 0.6) is 5.75 Å². The highest BCUT2D eigenvalue weighted by molar-refractivity contribution is 6.32. The number of carboxylic acids is 1. The largest absolute Gasteiger partial charge is 0.491 e. The second-order valence-corrected chi connectivity index (χ2v) is 3.92. The van der Waals surface area contributed by atoms with Crippen molar-refractivity contribution in [3.05, 3.63) is 33.3 Å². The van der Waals surface area contributed by atoms with E-state index in [9.17, 15) is 14.9 Å². The number of alkyl halides is 1. The molecule has 0 heterocycles. The van der Waals surface area contributed by atoms with E-state index in [0.29, 0.717) is 0 Å². The molecule has 1 N–H and O–H groups in total. The number of nitrogens with zero attached hydrogens (tertiary/aromatic N) is 1. The number of halogens is 2. The van der Waals surface area contributed by atoms with Crippen molar-refractivity contribution in [1.29, 1.82) is 0 Å². The Hall–Kier alpha value is -1.53. The molecule has 0 aliphatic heterocycles. The third-order valence-corrected chi connectivity index (χ3v) is 2.40. The molecule has 0 saturated carbocycles. The van der Waals surface area contributed by atoms with E-state index in [1.54, 1.807) is 0 Å². The zero-order valence-corrected chi connectivity index (χ0v) is 9.81. The highest BCUT2D eigenvalue weighted by Gasteiger charge is 2.16. The van der Waals surface area contributed by atoms with Crippen molar-refractivity contribution in [2.75, 3.05) is 6.61 Å². The smallest absolute Gasteiger partial charge is 0.325 e. The molecule has 0 amide bonds. The van der Waals surface area contributed by atoms with Gasteiger partial charge in [-0.1, -0.05) is 11.6 Å². The lowest BCUT2D eigenvalue weighted by atomic mass is 10.3. The maximum absolute atomic E-state index is 10.5. The Bertz CT molecular complexity index is 451. The fraction of sp³-hybridized carbons (Fsp3) is 0.222. The number of hydrogen-bond donors (Lipinski definition) is 1. The van der Waals surface area contributed by atoms with Crippen LogP contribution < -0.4 is 4.74 Å². The quantitative estimate of drug-likeness (QED) is 0.507. The van der Waals surface area contributed by atoms with Crippen molar-refractivity contribution >= 4 is 34.9 Å². The van der Waals surface area contributed by atoms with Gasteiger partial charge in [-0.2, -0.15) is 0 Å². The number of nitro groups is 1. The average Bonchev–Trinajstić information content (AvgIpc) is 2.25. The van der Waals surface area contributed by atoms with Crippen LogP contribution in [0.25, 0.3) is 0 Å². The highest BCUT2D eigenvalue weighted by Crippen LogP contribution is 2.28. The molecule has 1 unspecified atom stereocenters. The third-order valence-electron chi connectivity index (χ3n) is 1.78. The lowest BCUT2D eigenvalue weighted by molar-refractivity contribution is -0.384. The van der Waals surface area contributed by atoms with Crippen molar-refractivity contribution < 1.29 is 19.6 Å². The fourth-order valence-electron chi connectivity index (χ4n) is 0.966. The Morgan fingerprint density at radius 2 is 2.24 bits per heavy atom. The van der Waals surface area contributed by atoms with Gasteiger partial charge in [0.25, 0.3) is 5.69 Å². The van der Waals surface area contributed by atoms with Crippen molar-refractivity contribution in [1.82, 2.24) is 0 Å². The fourth-order valence-corrected chi connectivity index (χ4v) is 1.27. The van der Waals surface area contributed by atoms with E-state index in [-0.39, 0.29) is 23.1 Å². The van der Waals surface area contributed by atoms with Crippen molar-refractivity contribution in [3.8, 4) is 5.75 Å². The number of carboxylic acid groups (broad SMARTS) is 1. The van der Waals surface area contributed by atoms with Crippen LogP contribution in [0.1, 0.15) is 0 Å². The molecule has 0 aromatic heterocycles. The van der Waals surface area contributed by atoms with Crippen molar-refractivity contribution in [2.45, 2.75) is 5.38 Å². The Labute approximate surface area is 106 Å². The van der Waals surface area contributed by atoms with Gasteiger partial charge in [-0.25, -0.2) is 0 Å². The molecule has 0 saturated heterocycles. The van der Waals surface area contributed by atoms with Crippen LogP contribution in [0.15, 0.2) is 18.2 Å². The first kappa shape index (κ1) is 13.5. The molecule has 0 spiro atoms. The van der Waals surface area contributed by atoms with E-state index in [0.717, 1.165) is 0 Å². The van der Waals surface area contributed by atoms with Gasteiger partial charge in [-0.15, -0.1) is 11.6 Å². The lowest BCUT2D eigenvalue weighted by Crippen LogP contribution is -2.21. The minimum Gasteiger partial charge on any atom is -0.491 e. The summed E-state index contributed by atoms with van der Waals surface area (Å²) in [6.45, 7) is -0.259. The second-order valence-electron chi connectivity index (χ2n) is 2.99. The van der Waals surface area contributed by atoms with Gasteiger partial charge >= 0.3 is 5.97 Å². The van der Waals surface area contributed by atoms with Gasteiger partial charge in [0.05, 0.1) is 4.92 Å². The number of rotatable bonds is 5. The van der Waals surface area contributed by atoms with E-state index >= 15 is 0 Å². The van der Waals surface area contributed by atoms with Gasteiger partial charge in [0.1, 0.15) is 17.4 Å². The SMILES string of the molecule is O=C(O)C(Cl)COc1ccc([N+](=O)[O-])c(Cl)c1. The summed E-state index contributed by atoms with van der Waals surface area (Å²) in [5, 5.41) is 17.7. The van der Waals surface area contributed by atoms with Crippen LogP contribution in [-0.4, -0.2) is 28.0 Å². The summed E-state index contributed by atoms with van der Waals surface area (Å²) in [5.74, 6) is -0.993. The van der Waals surface area contributed by atoms with E-state index in [1.807, 2.05) is 0 Å². The Kier molecular flexibility index (Phi) is 4.53. The van der Waals surface area contributed by atoms with Gasteiger partial charge in [0, 0.05) is 12.1 Å². The number of aliphatic carboxylic acids is 1. The number of ether oxygens (including phenoxy) is 1. The van der Waals surface area contributed by atoms with E-state index in [1.165, 1.54) is 18.2 Å². The average molecular weight is 280 g/mol. The molecule has 1 atom stereocenters. The minimum atomic E-state index is -1.21. The predicted molar refractivity (Wildman–Crippen MR) is 60.9 cm³/mol. The molecule has 0 aliphatic rings. The standard InChI is InChI=1S/C9H7Cl2NO5/c10-6-3-5(1-2-8(6)12(15)16)17-4-7(11)9(13)14/h1-3,7H,4H2,(H,13,14). The van der Waals surface area contributed by atoms with Crippen LogP contribution in [0, 0.1) is 10.1 Å². The summed E-state index contributed by atoms with van der Waals surface area (Å²) in [7, 11) is 0. The molecule has 0 fully saturated rings. The zero-order chi connectivity index (χ0) is 13.0. The normalized spacial score (nSPS) is 11.9. The zero-order valence-electron chi connectivity index (χ0n) is 8.30. The summed E-state index contributed by atoms with van der Waals surface area (Å²) in [5.41, 5.74) is -0.250. The first-order valence-electron chi connectivity index (χ1n) is 4.35.